The number of aldehydes is 1. The highest BCUT2D eigenvalue weighted by Gasteiger charge is 2.33. The van der Waals surface area contributed by atoms with Crippen LogP contribution in [0.2, 0.25) is 0 Å². The molecule has 1 unspecified atom stereocenters. The second kappa shape index (κ2) is 5.64. The number of H-pyrrole nitrogens is 1. The second-order valence-corrected chi connectivity index (χ2v) is 5.07. The number of hydrogen-bond donors (Lipinski definition) is 2. The van der Waals surface area contributed by atoms with Gasteiger partial charge in [-0.2, -0.15) is 0 Å². The third-order valence-corrected chi connectivity index (χ3v) is 3.47. The molecule has 116 valence electrons. The maximum Gasteiger partial charge on any atom is 0.417 e. The number of rotatable bonds is 4. The van der Waals surface area contributed by atoms with Crippen molar-refractivity contribution in [2.75, 3.05) is 18.0 Å². The van der Waals surface area contributed by atoms with E-state index in [-0.39, 0.29) is 12.0 Å². The molecule has 0 spiro atoms. The van der Waals surface area contributed by atoms with Crippen LogP contribution in [0.3, 0.4) is 0 Å². The summed E-state index contributed by atoms with van der Waals surface area (Å²) in [7, 11) is 0. The average Bonchev–Trinajstić information content (AvgIpc) is 3.06. The molecule has 0 radical (unpaired) electrons. The van der Waals surface area contributed by atoms with Crippen LogP contribution in [0, 0.1) is 0 Å². The molecule has 8 nitrogen and oxygen atoms in total. The topological polar surface area (TPSA) is 105 Å². The Morgan fingerprint density at radius 1 is 1.55 bits per heavy atom. The Morgan fingerprint density at radius 2 is 2.36 bits per heavy atom. The molecule has 22 heavy (non-hydrogen) atoms. The lowest BCUT2D eigenvalue weighted by atomic mass is 10.2. The zero-order valence-corrected chi connectivity index (χ0v) is 11.9. The van der Waals surface area contributed by atoms with Crippen LogP contribution < -0.4 is 16.0 Å². The number of aromatic nitrogens is 1. The number of carbonyl (C=O) groups is 2. The van der Waals surface area contributed by atoms with Gasteiger partial charge in [-0.25, -0.2) is 4.79 Å². The third kappa shape index (κ3) is 2.73. The maximum absolute atomic E-state index is 11.2. The molecule has 1 aliphatic heterocycles. The Labute approximate surface area is 125 Å². The van der Waals surface area contributed by atoms with Gasteiger partial charge in [-0.3, -0.25) is 14.6 Å². The van der Waals surface area contributed by atoms with E-state index < -0.39 is 12.0 Å². The lowest BCUT2D eigenvalue weighted by Crippen LogP contribution is -2.33. The lowest BCUT2D eigenvalue weighted by Gasteiger charge is -2.20. The number of fused-ring (bicyclic) bond motifs is 1. The quantitative estimate of drug-likeness (QED) is 0.770. The van der Waals surface area contributed by atoms with Crippen LogP contribution in [0.25, 0.3) is 11.1 Å². The van der Waals surface area contributed by atoms with Crippen LogP contribution >= 0.6 is 0 Å². The predicted molar refractivity (Wildman–Crippen MR) is 77.6 cm³/mol. The van der Waals surface area contributed by atoms with E-state index in [0.717, 1.165) is 0 Å². The number of anilines is 1. The molecule has 2 aromatic rings. The summed E-state index contributed by atoms with van der Waals surface area (Å²) in [6.45, 7) is 2.20. The maximum atomic E-state index is 11.2. The number of benzene rings is 1. The van der Waals surface area contributed by atoms with Gasteiger partial charge in [0.25, 0.3) is 0 Å². The molecule has 2 N–H and O–H groups in total. The van der Waals surface area contributed by atoms with Gasteiger partial charge in [-0.05, 0) is 12.1 Å². The minimum Gasteiger partial charge on any atom is -0.408 e. The van der Waals surface area contributed by atoms with Gasteiger partial charge in [0.2, 0.25) is 5.91 Å². The van der Waals surface area contributed by atoms with E-state index in [4.69, 9.17) is 9.15 Å². The van der Waals surface area contributed by atoms with Crippen LogP contribution in [0.4, 0.5) is 5.69 Å². The minimum absolute atomic E-state index is 0.153. The number of aromatic amines is 1. The lowest BCUT2D eigenvalue weighted by molar-refractivity contribution is -0.120. The van der Waals surface area contributed by atoms with Crippen LogP contribution in [-0.4, -0.2) is 42.6 Å². The molecule has 1 fully saturated rings. The van der Waals surface area contributed by atoms with Crippen molar-refractivity contribution in [3.63, 3.8) is 0 Å². The first-order valence-electron chi connectivity index (χ1n) is 6.81. The first kappa shape index (κ1) is 14.3. The first-order valence-corrected chi connectivity index (χ1v) is 6.81. The van der Waals surface area contributed by atoms with Crippen molar-refractivity contribution in [2.24, 2.45) is 0 Å². The van der Waals surface area contributed by atoms with Crippen molar-refractivity contribution >= 4 is 29.0 Å². The number of nitrogens with one attached hydrogen (secondary N) is 2. The summed E-state index contributed by atoms with van der Waals surface area (Å²) in [6.07, 6.45) is -0.319. The molecular weight excluding hydrogens is 290 g/mol. The minimum atomic E-state index is -0.734. The molecule has 1 aromatic carbocycles. The van der Waals surface area contributed by atoms with Gasteiger partial charge in [-0.15, -0.1) is 0 Å². The van der Waals surface area contributed by atoms with Crippen molar-refractivity contribution in [3.05, 3.63) is 28.7 Å². The summed E-state index contributed by atoms with van der Waals surface area (Å²) in [6, 6.07) is 5.15. The molecule has 1 amide bonds. The molecule has 1 aromatic heterocycles. The number of oxazole rings is 1. The van der Waals surface area contributed by atoms with Gasteiger partial charge in [0.1, 0.15) is 0 Å². The first-order chi connectivity index (χ1) is 10.6. The molecule has 0 aliphatic carbocycles. The molecule has 3 rings (SSSR count). The van der Waals surface area contributed by atoms with Gasteiger partial charge < -0.3 is 19.4 Å². The van der Waals surface area contributed by atoms with E-state index >= 15 is 0 Å². The molecule has 2 heterocycles. The molecule has 1 saturated heterocycles. The second-order valence-electron chi connectivity index (χ2n) is 5.07. The number of nitrogens with zero attached hydrogens (tertiary/aromatic N) is 1. The Kier molecular flexibility index (Phi) is 3.68. The SMILES string of the molecule is CC(=O)NC[C@H]1CN(c2ccc3[nH]c(=O)oc3c2)C(C=O)O1. The highest BCUT2D eigenvalue weighted by molar-refractivity contribution is 5.78. The van der Waals surface area contributed by atoms with E-state index in [1.165, 1.54) is 6.92 Å². The number of amides is 1. The van der Waals surface area contributed by atoms with E-state index in [2.05, 4.69) is 10.3 Å². The van der Waals surface area contributed by atoms with Crippen molar-refractivity contribution in [3.8, 4) is 0 Å². The Bertz CT molecular complexity index is 765. The predicted octanol–water partition coefficient (Wildman–Crippen LogP) is -0.0126. The smallest absolute Gasteiger partial charge is 0.408 e. The Morgan fingerprint density at radius 3 is 3.09 bits per heavy atom. The third-order valence-electron chi connectivity index (χ3n) is 3.47. The molecule has 0 saturated carbocycles. The van der Waals surface area contributed by atoms with Gasteiger partial charge in [0, 0.05) is 31.8 Å². The zero-order valence-electron chi connectivity index (χ0n) is 11.9. The highest BCUT2D eigenvalue weighted by atomic mass is 16.5. The van der Waals surface area contributed by atoms with Crippen LogP contribution in [0.15, 0.2) is 27.4 Å². The summed E-state index contributed by atoms with van der Waals surface area (Å²) < 4.78 is 10.6. The monoisotopic (exact) mass is 305 g/mol. The molecular formula is C14H15N3O5. The zero-order chi connectivity index (χ0) is 15.7. The largest absolute Gasteiger partial charge is 0.417 e. The van der Waals surface area contributed by atoms with Crippen LogP contribution in [-0.2, 0) is 14.3 Å². The highest BCUT2D eigenvalue weighted by Crippen LogP contribution is 2.26. The van der Waals surface area contributed by atoms with E-state index in [1.807, 2.05) is 0 Å². The molecule has 8 heteroatoms. The molecule has 1 aliphatic rings. The van der Waals surface area contributed by atoms with E-state index in [1.54, 1.807) is 23.1 Å². The summed E-state index contributed by atoms with van der Waals surface area (Å²) >= 11 is 0. The summed E-state index contributed by atoms with van der Waals surface area (Å²) in [5, 5.41) is 2.67. The Balaban J connectivity index is 1.82. The van der Waals surface area contributed by atoms with E-state index in [0.29, 0.717) is 36.2 Å². The van der Waals surface area contributed by atoms with Gasteiger partial charge >= 0.3 is 5.76 Å². The van der Waals surface area contributed by atoms with Gasteiger partial charge in [0.05, 0.1) is 11.6 Å². The van der Waals surface area contributed by atoms with Crippen molar-refractivity contribution < 1.29 is 18.7 Å². The van der Waals surface area contributed by atoms with Crippen LogP contribution in [0.5, 0.6) is 0 Å². The van der Waals surface area contributed by atoms with E-state index in [9.17, 15) is 14.4 Å². The fraction of sp³-hybridized carbons (Fsp3) is 0.357. The summed E-state index contributed by atoms with van der Waals surface area (Å²) in [5.41, 5.74) is 1.71. The fourth-order valence-electron chi connectivity index (χ4n) is 2.48. The normalized spacial score (nSPS) is 21.2. The van der Waals surface area contributed by atoms with Crippen molar-refractivity contribution in [2.45, 2.75) is 19.3 Å². The standard InChI is InChI=1S/C14H15N3O5/c1-8(19)15-5-10-6-17(13(7-18)21-10)9-2-3-11-12(4-9)22-14(20)16-11/h2-4,7,10,13H,5-6H2,1H3,(H,15,19)(H,16,20)/t10-,13?/m0/s1. The number of ether oxygens (including phenoxy) is 1. The van der Waals surface area contributed by atoms with Crippen molar-refractivity contribution in [1.82, 2.24) is 10.3 Å². The van der Waals surface area contributed by atoms with Crippen LogP contribution in [0.1, 0.15) is 6.92 Å². The number of hydrogen-bond acceptors (Lipinski definition) is 6. The summed E-state index contributed by atoms with van der Waals surface area (Å²) in [5.74, 6) is -0.680. The fourth-order valence-corrected chi connectivity index (χ4v) is 2.48. The Hall–Kier alpha value is -2.61. The van der Waals surface area contributed by atoms with Gasteiger partial charge in [-0.1, -0.05) is 0 Å². The molecule has 0 bridgehead atoms. The average molecular weight is 305 g/mol. The van der Waals surface area contributed by atoms with Gasteiger partial charge in [0.15, 0.2) is 18.1 Å². The van der Waals surface area contributed by atoms with Crippen molar-refractivity contribution in [1.29, 1.82) is 0 Å². The summed E-state index contributed by atoms with van der Waals surface area (Å²) in [4.78, 5) is 37.7. The molecule has 2 atom stereocenters. The number of carbonyl (C=O) groups excluding carboxylic acids is 2.